The maximum absolute atomic E-state index is 9.75. The van der Waals surface area contributed by atoms with Crippen molar-refractivity contribution in [2.24, 2.45) is 0 Å². The summed E-state index contributed by atoms with van der Waals surface area (Å²) in [6, 6.07) is 50.9. The van der Waals surface area contributed by atoms with Crippen molar-refractivity contribution in [3.05, 3.63) is 208 Å². The average Bonchev–Trinajstić information content (AvgIpc) is 3.90. The maximum Gasteiger partial charge on any atom is 2.00 e. The first-order chi connectivity index (χ1) is 25.2. The first-order valence-corrected chi connectivity index (χ1v) is 19.5. The molecule has 2 saturated carbocycles. The van der Waals surface area contributed by atoms with E-state index in [4.69, 9.17) is 12.6 Å². The van der Waals surface area contributed by atoms with Crippen molar-refractivity contribution in [1.82, 2.24) is 0 Å². The SMILES string of the molecule is C[C-]=[N+](C)c1ccccc1[S-].F[B-](F)(F)F.[CH]1[CH][CH][C](P(c2ccccc2)c2ccccc2)[CH]1.[CH]1[CH][CH][C](P(c2ccccc2)c2ccccc2)[CH]1.[Fe].[Pt+2]. The van der Waals surface area contributed by atoms with Crippen LogP contribution in [0.15, 0.2) is 150 Å². The van der Waals surface area contributed by atoms with Crippen molar-refractivity contribution in [1.29, 1.82) is 0 Å². The number of hydrogen-bond donors (Lipinski definition) is 0. The Balaban J connectivity index is 0.000000266. The standard InChI is InChI=1S/2C17H14P.C9H11NS.BF4.Fe.Pt/c2*1-3-9-15(10-4-1)18(17-13-7-8-14-17)16-11-5-2-6-12-16;1-3-10(2)8-6-4-5-7-9(8)11;2-1(3,4)5;;/h2*1-14H;4-7,11H,1-2H3;;;/q;;;-1;;+2/p-1. The molecule has 0 unspecified atom stereocenters. The van der Waals surface area contributed by atoms with Gasteiger partial charge in [-0.2, -0.15) is 4.90 Å². The summed E-state index contributed by atoms with van der Waals surface area (Å²) in [7, 11) is -4.88. The molecule has 2 aliphatic carbocycles. The van der Waals surface area contributed by atoms with Gasteiger partial charge in [-0.25, -0.2) is 0 Å². The smallest absolute Gasteiger partial charge is 0.793 e. The maximum atomic E-state index is 9.75. The zero-order chi connectivity index (χ0) is 37.2. The van der Waals surface area contributed by atoms with Gasteiger partial charge in [0, 0.05) is 40.3 Å². The van der Waals surface area contributed by atoms with E-state index in [0.29, 0.717) is 0 Å². The van der Waals surface area contributed by atoms with Gasteiger partial charge in [0.2, 0.25) is 0 Å². The third-order valence-electron chi connectivity index (χ3n) is 7.43. The predicted molar refractivity (Wildman–Crippen MR) is 218 cm³/mol. The Hall–Kier alpha value is -2.16. The van der Waals surface area contributed by atoms with Gasteiger partial charge in [-0.1, -0.05) is 153 Å². The molecule has 11 heteroatoms. The number of halogens is 4. The molecule has 2 aliphatic rings. The van der Waals surface area contributed by atoms with E-state index in [-0.39, 0.29) is 38.1 Å². The van der Waals surface area contributed by atoms with Crippen LogP contribution in [0.3, 0.4) is 0 Å². The molecule has 5 aromatic carbocycles. The van der Waals surface area contributed by atoms with Gasteiger partial charge in [-0.3, -0.25) is 0 Å². The number of nitrogens with zero attached hydrogens (tertiary/aromatic N) is 1. The van der Waals surface area contributed by atoms with E-state index >= 15 is 0 Å². The molecule has 0 saturated heterocycles. The molecule has 2 fully saturated rings. The van der Waals surface area contributed by atoms with Crippen LogP contribution in [0, 0.1) is 62.7 Å². The zero-order valence-electron chi connectivity index (χ0n) is 29.5. The van der Waals surface area contributed by atoms with Gasteiger partial charge in [-0.05, 0) is 88.4 Å². The largest absolute Gasteiger partial charge is 2.00 e. The molecule has 0 amide bonds. The van der Waals surface area contributed by atoms with Crippen LogP contribution in [-0.4, -0.2) is 25.1 Å². The van der Waals surface area contributed by atoms with Crippen LogP contribution in [0.2, 0.25) is 0 Å². The fraction of sp³-hybridized carbons (Fsp3) is 0.0465. The first kappa shape index (κ1) is 48.0. The number of hydrogen-bond acceptors (Lipinski definition) is 1. The van der Waals surface area contributed by atoms with Crippen LogP contribution in [-0.2, 0) is 50.8 Å². The molecule has 280 valence electrons. The van der Waals surface area contributed by atoms with Gasteiger partial charge in [-0.15, -0.1) is 0 Å². The number of para-hydroxylation sites is 1. The summed E-state index contributed by atoms with van der Waals surface area (Å²) in [5.41, 5.74) is 3.87. The van der Waals surface area contributed by atoms with Crippen LogP contribution in [0.5, 0.6) is 0 Å². The molecular formula is C43H38BF4FeNP2PtS. The summed E-state index contributed by atoms with van der Waals surface area (Å²) in [5, 5.41) is 5.63. The molecule has 7 rings (SSSR count). The molecule has 10 radical (unpaired) electrons. The molecule has 0 aliphatic heterocycles. The molecule has 0 heterocycles. The number of rotatable bonds is 7. The van der Waals surface area contributed by atoms with Gasteiger partial charge >= 0.3 is 28.3 Å². The van der Waals surface area contributed by atoms with Crippen molar-refractivity contribution < 1.29 is 60.0 Å². The van der Waals surface area contributed by atoms with E-state index in [2.05, 4.69) is 179 Å². The third-order valence-corrected chi connectivity index (χ3v) is 12.7. The minimum atomic E-state index is -6.00. The third kappa shape index (κ3) is 16.5. The van der Waals surface area contributed by atoms with E-state index in [1.165, 1.54) is 32.5 Å². The molecule has 1 nitrogen and oxygen atoms in total. The second kappa shape index (κ2) is 25.9. The van der Waals surface area contributed by atoms with Gasteiger partial charge in [0.05, 0.1) is 0 Å². The van der Waals surface area contributed by atoms with Gasteiger partial charge in [0.15, 0.2) is 0 Å². The Morgan fingerprint density at radius 3 is 1.02 bits per heavy atom. The van der Waals surface area contributed by atoms with E-state index in [1.54, 1.807) is 0 Å². The Morgan fingerprint density at radius 2 is 0.759 bits per heavy atom. The fourth-order valence-electron chi connectivity index (χ4n) is 5.08. The molecule has 0 bridgehead atoms. The molecule has 5 aromatic rings. The summed E-state index contributed by atoms with van der Waals surface area (Å²) < 4.78 is 40.9. The van der Waals surface area contributed by atoms with E-state index in [1.807, 2.05) is 42.8 Å². The van der Waals surface area contributed by atoms with Crippen LogP contribution in [0.1, 0.15) is 6.92 Å². The van der Waals surface area contributed by atoms with Crippen molar-refractivity contribution in [3.8, 4) is 0 Å². The molecule has 0 aromatic heterocycles. The predicted octanol–water partition coefficient (Wildman–Crippen LogP) is 10.1. The summed E-state index contributed by atoms with van der Waals surface area (Å²) in [6.45, 7) is 1.86. The Kier molecular flexibility index (Phi) is 23.0. The van der Waals surface area contributed by atoms with Crippen LogP contribution in [0.25, 0.3) is 0 Å². The molecular weight excluding hydrogens is 962 g/mol. The van der Waals surface area contributed by atoms with E-state index in [9.17, 15) is 17.3 Å². The minimum Gasteiger partial charge on any atom is -0.793 e. The first-order valence-electron chi connectivity index (χ1n) is 16.4. The molecule has 0 atom stereocenters. The van der Waals surface area contributed by atoms with Crippen molar-refractivity contribution in [3.63, 3.8) is 0 Å². The topological polar surface area (TPSA) is 3.01 Å². The number of benzene rings is 5. The average molecular weight is 1000 g/mol. The molecule has 0 N–H and O–H groups in total. The second-order valence-corrected chi connectivity index (χ2v) is 15.9. The zero-order valence-corrected chi connectivity index (χ0v) is 35.5. The van der Waals surface area contributed by atoms with Crippen molar-refractivity contribution >= 4 is 68.8 Å². The minimum absolute atomic E-state index is 0. The van der Waals surface area contributed by atoms with Crippen LogP contribution in [0.4, 0.5) is 23.0 Å². The normalized spacial score (nSPS) is 14.3. The van der Waals surface area contributed by atoms with Crippen molar-refractivity contribution in [2.45, 2.75) is 11.8 Å². The van der Waals surface area contributed by atoms with Gasteiger partial charge in [0.25, 0.3) is 0 Å². The van der Waals surface area contributed by atoms with E-state index < -0.39 is 23.1 Å². The van der Waals surface area contributed by atoms with Crippen LogP contribution < -0.4 is 21.2 Å². The Morgan fingerprint density at radius 1 is 0.500 bits per heavy atom. The second-order valence-electron chi connectivity index (χ2n) is 11.0. The van der Waals surface area contributed by atoms with Crippen molar-refractivity contribution in [2.75, 3.05) is 7.05 Å². The Bertz CT molecular complexity index is 1570. The Labute approximate surface area is 353 Å². The summed E-state index contributed by atoms with van der Waals surface area (Å²) >= 11 is 5.11. The molecule has 0 spiro atoms. The van der Waals surface area contributed by atoms with Crippen LogP contribution >= 0.6 is 15.8 Å². The van der Waals surface area contributed by atoms with Gasteiger partial charge < -0.3 is 34.5 Å². The van der Waals surface area contributed by atoms with E-state index in [0.717, 1.165) is 10.6 Å². The fourth-order valence-corrected chi connectivity index (χ4v) is 9.98. The molecule has 54 heavy (non-hydrogen) atoms. The monoisotopic (exact) mass is 1000 g/mol. The summed E-state index contributed by atoms with van der Waals surface area (Å²) in [4.78, 5) is 0.865. The summed E-state index contributed by atoms with van der Waals surface area (Å²) in [5.74, 6) is 0. The quantitative estimate of drug-likeness (QED) is 0.0299. The van der Waals surface area contributed by atoms with Gasteiger partial charge in [0.1, 0.15) is 7.05 Å². The summed E-state index contributed by atoms with van der Waals surface area (Å²) in [6.07, 6.45) is 20.4.